The van der Waals surface area contributed by atoms with Crippen molar-refractivity contribution in [2.75, 3.05) is 19.7 Å². The van der Waals surface area contributed by atoms with Crippen molar-refractivity contribution in [3.8, 4) is 11.8 Å². The summed E-state index contributed by atoms with van der Waals surface area (Å²) in [4.78, 5) is 2.31. The van der Waals surface area contributed by atoms with Gasteiger partial charge >= 0.3 is 0 Å². The lowest BCUT2D eigenvalue weighted by Crippen LogP contribution is -2.27. The van der Waals surface area contributed by atoms with Gasteiger partial charge < -0.3 is 5.11 Å². The van der Waals surface area contributed by atoms with Crippen LogP contribution in [0.3, 0.4) is 0 Å². The van der Waals surface area contributed by atoms with E-state index in [1.807, 2.05) is 0 Å². The fourth-order valence-corrected chi connectivity index (χ4v) is 2.00. The molecule has 0 heterocycles. The van der Waals surface area contributed by atoms with E-state index in [4.69, 9.17) is 5.11 Å². The number of rotatable bonds is 5. The Morgan fingerprint density at radius 1 is 1.37 bits per heavy atom. The topological polar surface area (TPSA) is 23.5 Å². The van der Waals surface area contributed by atoms with Gasteiger partial charge in [0.1, 0.15) is 12.4 Å². The van der Waals surface area contributed by atoms with Crippen LogP contribution in [0.1, 0.15) is 31.9 Å². The number of aliphatic hydroxyl groups excluding tert-OH is 1. The molecule has 1 aromatic rings. The van der Waals surface area contributed by atoms with E-state index in [1.165, 1.54) is 12.1 Å². The smallest absolute Gasteiger partial charge is 0.124 e. The average Bonchev–Trinajstić information content (AvgIpc) is 2.37. The Balaban J connectivity index is 2.92. The molecule has 0 aliphatic carbocycles. The van der Waals surface area contributed by atoms with Crippen molar-refractivity contribution in [1.29, 1.82) is 0 Å². The maximum absolute atomic E-state index is 13.3. The number of hydrogen-bond donors (Lipinski definition) is 1. The number of nitrogens with zero attached hydrogens (tertiary/aromatic N) is 1. The second-order valence-electron chi connectivity index (χ2n) is 4.98. The third kappa shape index (κ3) is 5.42. The van der Waals surface area contributed by atoms with Crippen LogP contribution >= 0.6 is 0 Å². The molecule has 0 spiro atoms. The summed E-state index contributed by atoms with van der Waals surface area (Å²) in [5, 5.41) is 8.76. The molecule has 3 heteroatoms. The summed E-state index contributed by atoms with van der Waals surface area (Å²) in [6.07, 6.45) is 0. The van der Waals surface area contributed by atoms with Gasteiger partial charge in [-0.1, -0.05) is 38.7 Å². The predicted octanol–water partition coefficient (Wildman–Crippen LogP) is 2.65. The number of benzene rings is 1. The lowest BCUT2D eigenvalue weighted by Gasteiger charge is -2.23. The van der Waals surface area contributed by atoms with E-state index in [-0.39, 0.29) is 12.4 Å². The fraction of sp³-hybridized carbons (Fsp3) is 0.500. The van der Waals surface area contributed by atoms with Gasteiger partial charge in [0.05, 0.1) is 0 Å². The Kier molecular flexibility index (Phi) is 6.55. The second-order valence-corrected chi connectivity index (χ2v) is 4.98. The zero-order chi connectivity index (χ0) is 14.3. The Morgan fingerprint density at radius 3 is 2.68 bits per heavy atom. The quantitative estimate of drug-likeness (QED) is 0.826. The summed E-state index contributed by atoms with van der Waals surface area (Å²) in [5.41, 5.74) is 1.67. The zero-order valence-electron chi connectivity index (χ0n) is 11.9. The van der Waals surface area contributed by atoms with Crippen molar-refractivity contribution < 1.29 is 9.50 Å². The van der Waals surface area contributed by atoms with Crippen LogP contribution in [0.4, 0.5) is 4.39 Å². The van der Waals surface area contributed by atoms with Crippen molar-refractivity contribution in [3.05, 3.63) is 35.1 Å². The Hall–Kier alpha value is -1.37. The molecule has 0 saturated heterocycles. The largest absolute Gasteiger partial charge is 0.384 e. The third-order valence-corrected chi connectivity index (χ3v) is 2.84. The molecule has 0 amide bonds. The maximum atomic E-state index is 13.3. The highest BCUT2D eigenvalue weighted by Gasteiger charge is 2.09. The van der Waals surface area contributed by atoms with E-state index in [0.29, 0.717) is 11.5 Å². The molecule has 0 aliphatic heterocycles. The monoisotopic (exact) mass is 263 g/mol. The predicted molar refractivity (Wildman–Crippen MR) is 76.2 cm³/mol. The van der Waals surface area contributed by atoms with Crippen molar-refractivity contribution in [1.82, 2.24) is 4.90 Å². The van der Waals surface area contributed by atoms with Gasteiger partial charge in [0, 0.05) is 18.7 Å². The fourth-order valence-electron chi connectivity index (χ4n) is 2.00. The van der Waals surface area contributed by atoms with Gasteiger partial charge in [0.15, 0.2) is 0 Å². The van der Waals surface area contributed by atoms with Crippen LogP contribution in [-0.4, -0.2) is 29.7 Å². The second kappa shape index (κ2) is 7.93. The molecule has 1 N–H and O–H groups in total. The summed E-state index contributed by atoms with van der Waals surface area (Å²) < 4.78 is 13.3. The van der Waals surface area contributed by atoms with Crippen molar-refractivity contribution in [2.45, 2.75) is 27.3 Å². The minimum Gasteiger partial charge on any atom is -0.384 e. The molecule has 0 aliphatic rings. The highest BCUT2D eigenvalue weighted by atomic mass is 19.1. The van der Waals surface area contributed by atoms with E-state index in [9.17, 15) is 4.39 Å². The molecule has 0 saturated carbocycles. The molecule has 2 nitrogen and oxygen atoms in total. The van der Waals surface area contributed by atoms with E-state index < -0.39 is 0 Å². The first-order valence-electron chi connectivity index (χ1n) is 6.67. The summed E-state index contributed by atoms with van der Waals surface area (Å²) in [6.45, 7) is 8.97. The Labute approximate surface area is 115 Å². The molecule has 104 valence electrons. The standard InChI is InChI=1S/C16H22FNO/c1-4-18(11-13(2)3)12-15-7-8-16(17)10-14(15)6-5-9-19/h7-8,10,13,19H,4,9,11-12H2,1-3H3. The van der Waals surface area contributed by atoms with Gasteiger partial charge in [0.2, 0.25) is 0 Å². The van der Waals surface area contributed by atoms with Crippen LogP contribution in [0.25, 0.3) is 0 Å². The SMILES string of the molecule is CCN(Cc1ccc(F)cc1C#CCO)CC(C)C. The number of hydrogen-bond acceptors (Lipinski definition) is 2. The number of halogens is 1. The lowest BCUT2D eigenvalue weighted by atomic mass is 10.1. The molecule has 0 fully saturated rings. The van der Waals surface area contributed by atoms with Crippen LogP contribution in [-0.2, 0) is 6.54 Å². The van der Waals surface area contributed by atoms with Crippen LogP contribution in [0, 0.1) is 23.6 Å². The molecule has 1 aromatic carbocycles. The van der Waals surface area contributed by atoms with Crippen molar-refractivity contribution >= 4 is 0 Å². The molecule has 19 heavy (non-hydrogen) atoms. The molecule has 0 bridgehead atoms. The van der Waals surface area contributed by atoms with Crippen LogP contribution in [0.5, 0.6) is 0 Å². The minimum absolute atomic E-state index is 0.209. The van der Waals surface area contributed by atoms with Gasteiger partial charge in [-0.25, -0.2) is 4.39 Å². The minimum atomic E-state index is -0.294. The molecule has 0 atom stereocenters. The van der Waals surface area contributed by atoms with E-state index in [0.717, 1.165) is 25.2 Å². The van der Waals surface area contributed by atoms with Gasteiger partial charge in [-0.05, 0) is 30.2 Å². The summed E-state index contributed by atoms with van der Waals surface area (Å²) in [6, 6.07) is 4.67. The van der Waals surface area contributed by atoms with Gasteiger partial charge in [-0.3, -0.25) is 4.90 Å². The van der Waals surface area contributed by atoms with Crippen LogP contribution in [0.2, 0.25) is 0 Å². The average molecular weight is 263 g/mol. The summed E-state index contributed by atoms with van der Waals surface area (Å²) in [7, 11) is 0. The normalized spacial score (nSPS) is 10.7. The zero-order valence-corrected chi connectivity index (χ0v) is 11.9. The van der Waals surface area contributed by atoms with E-state index in [2.05, 4.69) is 37.5 Å². The first-order valence-corrected chi connectivity index (χ1v) is 6.67. The molecular weight excluding hydrogens is 241 g/mol. The van der Waals surface area contributed by atoms with E-state index >= 15 is 0 Å². The third-order valence-electron chi connectivity index (χ3n) is 2.84. The first-order chi connectivity index (χ1) is 9.06. The Morgan fingerprint density at radius 2 is 2.11 bits per heavy atom. The first kappa shape index (κ1) is 15.7. The summed E-state index contributed by atoms with van der Waals surface area (Å²) in [5.74, 6) is 5.70. The lowest BCUT2D eigenvalue weighted by molar-refractivity contribution is 0.248. The molecule has 1 rings (SSSR count). The van der Waals surface area contributed by atoms with Crippen LogP contribution in [0.15, 0.2) is 18.2 Å². The highest BCUT2D eigenvalue weighted by Crippen LogP contribution is 2.14. The maximum Gasteiger partial charge on any atom is 0.124 e. The summed E-state index contributed by atoms with van der Waals surface area (Å²) >= 11 is 0. The molecule has 0 radical (unpaired) electrons. The molecule has 0 aromatic heterocycles. The van der Waals surface area contributed by atoms with Gasteiger partial charge in [-0.15, -0.1) is 0 Å². The molecule has 0 unspecified atom stereocenters. The van der Waals surface area contributed by atoms with Crippen molar-refractivity contribution in [3.63, 3.8) is 0 Å². The van der Waals surface area contributed by atoms with Crippen molar-refractivity contribution in [2.24, 2.45) is 5.92 Å². The Bertz CT molecular complexity index is 460. The van der Waals surface area contributed by atoms with Crippen LogP contribution < -0.4 is 0 Å². The van der Waals surface area contributed by atoms with Gasteiger partial charge in [0.25, 0.3) is 0 Å². The number of aliphatic hydroxyl groups is 1. The highest BCUT2D eigenvalue weighted by molar-refractivity contribution is 5.41. The molecular formula is C16H22FNO. The van der Waals surface area contributed by atoms with E-state index in [1.54, 1.807) is 6.07 Å². The van der Waals surface area contributed by atoms with Gasteiger partial charge in [-0.2, -0.15) is 0 Å².